The van der Waals surface area contributed by atoms with Crippen LogP contribution in [0.25, 0.3) is 0 Å². The molecule has 0 aromatic heterocycles. The van der Waals surface area contributed by atoms with E-state index in [1.807, 2.05) is 36.4 Å². The maximum Gasteiger partial charge on any atom is 0.104 e. The van der Waals surface area contributed by atoms with Crippen molar-refractivity contribution < 1.29 is 21.5 Å². The Morgan fingerprint density at radius 3 is 2.32 bits per heavy atom. The fourth-order valence-corrected chi connectivity index (χ4v) is 4.70. The molecule has 0 aliphatic carbocycles. The molecule has 3 aromatic carbocycles. The second-order valence-corrected chi connectivity index (χ2v) is 10.3. The number of nitrogens with one attached hydrogen (secondary N) is 1. The molecule has 0 spiro atoms. The van der Waals surface area contributed by atoms with E-state index in [0.29, 0.717) is 10.0 Å². The molecule has 166 valence electrons. The molecule has 7 heteroatoms. The van der Waals surface area contributed by atoms with Gasteiger partial charge in [0.1, 0.15) is 6.54 Å². The van der Waals surface area contributed by atoms with Crippen LogP contribution in [0.15, 0.2) is 76.5 Å². The summed E-state index contributed by atoms with van der Waals surface area (Å²) in [5.74, 6) is 0. The summed E-state index contributed by atoms with van der Waals surface area (Å²) in [6.07, 6.45) is 1.04. The van der Waals surface area contributed by atoms with Gasteiger partial charge in [0.15, 0.2) is 0 Å². The first-order valence-electron chi connectivity index (χ1n) is 9.85. The molecule has 0 radical (unpaired) electrons. The third kappa shape index (κ3) is 8.53. The van der Waals surface area contributed by atoms with Gasteiger partial charge < -0.3 is 26.8 Å². The van der Waals surface area contributed by atoms with Crippen LogP contribution in [-0.4, -0.2) is 31.7 Å². The third-order valence-corrected chi connectivity index (χ3v) is 6.82. The van der Waals surface area contributed by atoms with E-state index < -0.39 is 0 Å². The van der Waals surface area contributed by atoms with Gasteiger partial charge in [-0.15, -0.1) is 0 Å². The standard InChI is InChI=1S/C24H26Cl3N2S.BrH/c1-29(2,17-18-9-11-21(26)22(27)15-18)14-6-13-28-23-16-19(25)10-12-24(23)30-20-7-4-3-5-8-20;/h3-5,7-12,15-16,28H,6,13-14,17H2,1-2H3;1H/q+1;/p-1. The Balaban J connectivity index is 0.00000341. The Hall–Kier alpha value is -0.880. The molecule has 31 heavy (non-hydrogen) atoms. The van der Waals surface area contributed by atoms with E-state index in [0.717, 1.165) is 41.2 Å². The summed E-state index contributed by atoms with van der Waals surface area (Å²) < 4.78 is 0.876. The second kappa shape index (κ2) is 12.4. The number of hydrogen-bond acceptors (Lipinski definition) is 2. The maximum absolute atomic E-state index is 6.25. The van der Waals surface area contributed by atoms with Crippen molar-refractivity contribution in [1.29, 1.82) is 0 Å². The largest absolute Gasteiger partial charge is 1.00 e. The Labute approximate surface area is 215 Å². The van der Waals surface area contributed by atoms with Crippen molar-refractivity contribution in [2.75, 3.05) is 32.5 Å². The number of rotatable bonds is 9. The lowest BCUT2D eigenvalue weighted by atomic mass is 10.2. The molecule has 0 bridgehead atoms. The fourth-order valence-electron chi connectivity index (χ4n) is 3.29. The van der Waals surface area contributed by atoms with Gasteiger partial charge in [0.2, 0.25) is 0 Å². The van der Waals surface area contributed by atoms with Crippen LogP contribution in [0.4, 0.5) is 5.69 Å². The molecule has 0 amide bonds. The van der Waals surface area contributed by atoms with Crippen molar-refractivity contribution in [1.82, 2.24) is 0 Å². The topological polar surface area (TPSA) is 12.0 Å². The zero-order chi connectivity index (χ0) is 21.6. The highest BCUT2D eigenvalue weighted by atomic mass is 79.9. The Morgan fingerprint density at radius 1 is 0.871 bits per heavy atom. The normalized spacial score (nSPS) is 11.1. The first-order valence-corrected chi connectivity index (χ1v) is 11.8. The van der Waals surface area contributed by atoms with E-state index in [9.17, 15) is 0 Å². The van der Waals surface area contributed by atoms with E-state index in [2.05, 4.69) is 49.7 Å². The molecule has 0 atom stereocenters. The number of anilines is 1. The van der Waals surface area contributed by atoms with Gasteiger partial charge in [-0.2, -0.15) is 0 Å². The van der Waals surface area contributed by atoms with Crippen molar-refractivity contribution in [3.8, 4) is 0 Å². The van der Waals surface area contributed by atoms with Crippen molar-refractivity contribution in [3.05, 3.63) is 87.4 Å². The average molecular weight is 561 g/mol. The fraction of sp³-hybridized carbons (Fsp3) is 0.250. The summed E-state index contributed by atoms with van der Waals surface area (Å²) in [7, 11) is 4.47. The third-order valence-electron chi connectivity index (χ3n) is 4.76. The predicted molar refractivity (Wildman–Crippen MR) is 132 cm³/mol. The SMILES string of the molecule is C[N+](C)(CCCNc1cc(Cl)ccc1Sc1ccccc1)Cc1ccc(Cl)c(Cl)c1.[Br-]. The zero-order valence-electron chi connectivity index (χ0n) is 17.5. The molecule has 0 saturated carbocycles. The lowest BCUT2D eigenvalue weighted by Crippen LogP contribution is -3.00. The van der Waals surface area contributed by atoms with Crippen molar-refractivity contribution in [3.63, 3.8) is 0 Å². The van der Waals surface area contributed by atoms with Gasteiger partial charge in [0.05, 0.1) is 30.7 Å². The predicted octanol–water partition coefficient (Wildman–Crippen LogP) is 4.88. The number of benzene rings is 3. The zero-order valence-corrected chi connectivity index (χ0v) is 22.2. The van der Waals surface area contributed by atoms with Crippen molar-refractivity contribution >= 4 is 52.3 Å². The molecule has 1 N–H and O–H groups in total. The molecular weight excluding hydrogens is 535 g/mol. The van der Waals surface area contributed by atoms with Gasteiger partial charge in [-0.1, -0.05) is 70.8 Å². The Bertz CT molecular complexity index is 984. The molecule has 0 heterocycles. The maximum atomic E-state index is 6.25. The van der Waals surface area contributed by atoms with E-state index in [4.69, 9.17) is 34.8 Å². The van der Waals surface area contributed by atoms with Crippen LogP contribution < -0.4 is 22.3 Å². The van der Waals surface area contributed by atoms with Crippen LogP contribution in [-0.2, 0) is 6.54 Å². The summed E-state index contributed by atoms with van der Waals surface area (Å²) in [6.45, 7) is 2.82. The minimum Gasteiger partial charge on any atom is -1.00 e. The molecule has 0 fully saturated rings. The van der Waals surface area contributed by atoms with E-state index in [1.54, 1.807) is 11.8 Å². The van der Waals surface area contributed by atoms with Gasteiger partial charge in [-0.3, -0.25) is 0 Å². The molecule has 3 aromatic rings. The van der Waals surface area contributed by atoms with Crippen molar-refractivity contribution in [2.45, 2.75) is 22.8 Å². The summed E-state index contributed by atoms with van der Waals surface area (Å²) in [5.41, 5.74) is 2.27. The van der Waals surface area contributed by atoms with Crippen LogP contribution in [0, 0.1) is 0 Å². The Morgan fingerprint density at radius 2 is 1.61 bits per heavy atom. The highest BCUT2D eigenvalue weighted by Crippen LogP contribution is 2.35. The van der Waals surface area contributed by atoms with Crippen LogP contribution in [0.3, 0.4) is 0 Å². The van der Waals surface area contributed by atoms with E-state index in [1.165, 1.54) is 15.4 Å². The number of hydrogen-bond donors (Lipinski definition) is 1. The molecule has 2 nitrogen and oxygen atoms in total. The lowest BCUT2D eigenvalue weighted by molar-refractivity contribution is -0.903. The first kappa shape index (κ1) is 26.4. The quantitative estimate of drug-likeness (QED) is 0.296. The van der Waals surface area contributed by atoms with Gasteiger partial charge in [-0.25, -0.2) is 0 Å². The minimum atomic E-state index is 0. The summed E-state index contributed by atoms with van der Waals surface area (Å²) >= 11 is 20.2. The number of quaternary nitrogens is 1. The van der Waals surface area contributed by atoms with Crippen LogP contribution in [0.1, 0.15) is 12.0 Å². The van der Waals surface area contributed by atoms with E-state index >= 15 is 0 Å². The van der Waals surface area contributed by atoms with Crippen LogP contribution in [0.5, 0.6) is 0 Å². The average Bonchev–Trinajstić information content (AvgIpc) is 2.70. The van der Waals surface area contributed by atoms with Gasteiger partial charge >= 0.3 is 0 Å². The number of halogens is 4. The molecule has 0 aliphatic heterocycles. The summed E-state index contributed by atoms with van der Waals surface area (Å²) in [5, 5.41) is 5.52. The van der Waals surface area contributed by atoms with Crippen LogP contribution in [0.2, 0.25) is 15.1 Å². The molecule has 0 aliphatic rings. The van der Waals surface area contributed by atoms with Gasteiger partial charge in [0.25, 0.3) is 0 Å². The number of nitrogens with zero attached hydrogens (tertiary/aromatic N) is 1. The second-order valence-electron chi connectivity index (χ2n) is 7.90. The summed E-state index contributed by atoms with van der Waals surface area (Å²) in [4.78, 5) is 2.39. The van der Waals surface area contributed by atoms with Gasteiger partial charge in [-0.05, 0) is 42.5 Å². The monoisotopic (exact) mass is 558 g/mol. The highest BCUT2D eigenvalue weighted by molar-refractivity contribution is 7.99. The summed E-state index contributed by atoms with van der Waals surface area (Å²) in [6, 6.07) is 22.3. The highest BCUT2D eigenvalue weighted by Gasteiger charge is 2.16. The van der Waals surface area contributed by atoms with Gasteiger partial charge in [0, 0.05) is 39.0 Å². The first-order chi connectivity index (χ1) is 14.3. The lowest BCUT2D eigenvalue weighted by Gasteiger charge is -2.30. The van der Waals surface area contributed by atoms with Crippen LogP contribution >= 0.6 is 46.6 Å². The smallest absolute Gasteiger partial charge is 0.104 e. The minimum absolute atomic E-state index is 0. The molecule has 0 unspecified atom stereocenters. The molecular formula is C24H26BrCl3N2S. The molecule has 0 saturated heterocycles. The van der Waals surface area contributed by atoms with Crippen molar-refractivity contribution in [2.24, 2.45) is 0 Å². The Kier molecular flexibility index (Phi) is 10.5. The molecule has 3 rings (SSSR count). The van der Waals surface area contributed by atoms with E-state index in [-0.39, 0.29) is 17.0 Å².